The fourth-order valence-corrected chi connectivity index (χ4v) is 3.85. The van der Waals surface area contributed by atoms with Gasteiger partial charge in [0.2, 0.25) is 5.91 Å². The van der Waals surface area contributed by atoms with Crippen LogP contribution in [0, 0.1) is 23.2 Å². The first kappa shape index (κ1) is 17.1. The normalized spacial score (nSPS) is 20.0. The van der Waals surface area contributed by atoms with E-state index in [1.54, 1.807) is 12.3 Å². The molecule has 6 heteroatoms. The average Bonchev–Trinajstić information content (AvgIpc) is 3.49. The Morgan fingerprint density at radius 3 is 3.00 bits per heavy atom. The van der Waals surface area contributed by atoms with Crippen molar-refractivity contribution in [3.8, 4) is 6.07 Å². The molecule has 0 spiro atoms. The van der Waals surface area contributed by atoms with Crippen molar-refractivity contribution in [1.29, 1.82) is 5.26 Å². The molecule has 134 valence electrons. The molecular formula is C20H21ClN4O. The van der Waals surface area contributed by atoms with Gasteiger partial charge in [-0.05, 0) is 49.8 Å². The van der Waals surface area contributed by atoms with Crippen LogP contribution in [0.4, 0.5) is 5.69 Å². The van der Waals surface area contributed by atoms with Crippen LogP contribution in [0.3, 0.4) is 0 Å². The number of nitriles is 1. The van der Waals surface area contributed by atoms with Crippen LogP contribution in [-0.4, -0.2) is 30.5 Å². The van der Waals surface area contributed by atoms with E-state index in [9.17, 15) is 10.1 Å². The number of benzene rings is 1. The zero-order valence-corrected chi connectivity index (χ0v) is 15.3. The molecule has 0 bridgehead atoms. The molecule has 1 saturated carbocycles. The third-order valence-electron chi connectivity index (χ3n) is 5.29. The summed E-state index contributed by atoms with van der Waals surface area (Å²) >= 11 is 6.19. The van der Waals surface area contributed by atoms with Gasteiger partial charge in [-0.1, -0.05) is 11.6 Å². The number of hydrogen-bond donors (Lipinski definition) is 1. The lowest BCUT2D eigenvalue weighted by Gasteiger charge is -2.34. The molecule has 2 aromatic rings. The summed E-state index contributed by atoms with van der Waals surface area (Å²) in [7, 11) is 0. The number of halogens is 1. The Bertz CT molecular complexity index is 887. The molecule has 0 radical (unpaired) electrons. The van der Waals surface area contributed by atoms with Gasteiger partial charge in [0.1, 0.15) is 6.07 Å². The maximum atomic E-state index is 12.5. The zero-order chi connectivity index (χ0) is 18.1. The Kier molecular flexibility index (Phi) is 4.69. The summed E-state index contributed by atoms with van der Waals surface area (Å²) < 4.78 is 0. The van der Waals surface area contributed by atoms with Gasteiger partial charge in [0.15, 0.2) is 0 Å². The Labute approximate surface area is 158 Å². The molecule has 1 amide bonds. The second kappa shape index (κ2) is 7.13. The van der Waals surface area contributed by atoms with E-state index < -0.39 is 0 Å². The van der Waals surface area contributed by atoms with E-state index in [1.165, 1.54) is 12.8 Å². The summed E-state index contributed by atoms with van der Waals surface area (Å²) in [6, 6.07) is 7.78. The van der Waals surface area contributed by atoms with Crippen molar-refractivity contribution in [2.24, 2.45) is 11.8 Å². The average molecular weight is 369 g/mol. The molecule has 1 N–H and O–H groups in total. The van der Waals surface area contributed by atoms with Crippen molar-refractivity contribution in [3.63, 3.8) is 0 Å². The summed E-state index contributed by atoms with van der Waals surface area (Å²) in [5.74, 6) is 0.767. The highest BCUT2D eigenvalue weighted by Crippen LogP contribution is 2.34. The first-order chi connectivity index (χ1) is 12.7. The molecule has 1 unspecified atom stereocenters. The maximum absolute atomic E-state index is 12.5. The lowest BCUT2D eigenvalue weighted by atomic mass is 9.95. The molecule has 4 rings (SSSR count). The summed E-state index contributed by atoms with van der Waals surface area (Å²) in [4.78, 5) is 19.1. The number of rotatable bonds is 4. The molecule has 26 heavy (non-hydrogen) atoms. The predicted octanol–water partition coefficient (Wildman–Crippen LogP) is 3.50. The Morgan fingerprint density at radius 2 is 2.23 bits per heavy atom. The van der Waals surface area contributed by atoms with Crippen LogP contribution in [0.1, 0.15) is 31.2 Å². The van der Waals surface area contributed by atoms with Crippen molar-refractivity contribution in [2.45, 2.75) is 25.7 Å². The molecule has 1 aliphatic heterocycles. The molecule has 1 aliphatic carbocycles. The lowest BCUT2D eigenvalue weighted by molar-refractivity contribution is -0.125. The third-order valence-corrected chi connectivity index (χ3v) is 5.53. The largest absolute Gasteiger partial charge is 0.369 e. The highest BCUT2D eigenvalue weighted by molar-refractivity contribution is 6.31. The first-order valence-corrected chi connectivity index (χ1v) is 9.54. The van der Waals surface area contributed by atoms with Crippen LogP contribution in [0.5, 0.6) is 0 Å². The second-order valence-electron chi connectivity index (χ2n) is 7.27. The van der Waals surface area contributed by atoms with E-state index in [4.69, 9.17) is 11.6 Å². The number of piperidine rings is 1. The van der Waals surface area contributed by atoms with Gasteiger partial charge in [-0.15, -0.1) is 0 Å². The molecule has 5 nitrogen and oxygen atoms in total. The number of anilines is 1. The van der Waals surface area contributed by atoms with E-state index in [-0.39, 0.29) is 11.8 Å². The fourth-order valence-electron chi connectivity index (χ4n) is 3.68. The second-order valence-corrected chi connectivity index (χ2v) is 7.70. The van der Waals surface area contributed by atoms with Crippen LogP contribution in [0.15, 0.2) is 24.4 Å². The Balaban J connectivity index is 1.62. The number of nitrogens with zero attached hydrogens (tertiary/aromatic N) is 3. The molecule has 1 saturated heterocycles. The Hall–Kier alpha value is -2.32. The zero-order valence-electron chi connectivity index (χ0n) is 14.5. The highest BCUT2D eigenvalue weighted by Gasteiger charge is 2.29. The first-order valence-electron chi connectivity index (χ1n) is 9.16. The smallest absolute Gasteiger partial charge is 0.224 e. The van der Waals surface area contributed by atoms with E-state index in [1.807, 2.05) is 12.1 Å². The number of nitrogens with one attached hydrogen (secondary N) is 1. The number of pyridine rings is 1. The van der Waals surface area contributed by atoms with Crippen molar-refractivity contribution >= 4 is 34.1 Å². The predicted molar refractivity (Wildman–Crippen MR) is 102 cm³/mol. The molecule has 1 aromatic heterocycles. The van der Waals surface area contributed by atoms with E-state index in [2.05, 4.69) is 21.3 Å². The van der Waals surface area contributed by atoms with E-state index in [0.29, 0.717) is 23.0 Å². The molecule has 2 fully saturated rings. The summed E-state index contributed by atoms with van der Waals surface area (Å²) in [6.07, 6.45) is 5.89. The van der Waals surface area contributed by atoms with Crippen molar-refractivity contribution < 1.29 is 4.79 Å². The third kappa shape index (κ3) is 3.47. The molecule has 2 heterocycles. The quantitative estimate of drug-likeness (QED) is 0.896. The summed E-state index contributed by atoms with van der Waals surface area (Å²) in [5.41, 5.74) is 2.18. The van der Waals surface area contributed by atoms with Crippen LogP contribution in [0.25, 0.3) is 10.9 Å². The minimum Gasteiger partial charge on any atom is -0.369 e. The number of carbonyl (C=O) groups is 1. The van der Waals surface area contributed by atoms with Crippen LogP contribution >= 0.6 is 11.6 Å². The van der Waals surface area contributed by atoms with Gasteiger partial charge < -0.3 is 10.2 Å². The van der Waals surface area contributed by atoms with Gasteiger partial charge in [-0.3, -0.25) is 9.78 Å². The van der Waals surface area contributed by atoms with Gasteiger partial charge in [0.25, 0.3) is 0 Å². The number of carbonyl (C=O) groups excluding carboxylic acids is 1. The van der Waals surface area contributed by atoms with Gasteiger partial charge in [-0.25, -0.2) is 0 Å². The SMILES string of the molecule is N#Cc1cnc2ccc(Cl)cc2c1N1CCCC(C(=O)NCC2CC2)C1. The van der Waals surface area contributed by atoms with E-state index in [0.717, 1.165) is 42.5 Å². The van der Waals surface area contributed by atoms with Crippen LogP contribution in [0.2, 0.25) is 5.02 Å². The van der Waals surface area contributed by atoms with Gasteiger partial charge in [0, 0.05) is 36.2 Å². The number of amides is 1. The summed E-state index contributed by atoms with van der Waals surface area (Å²) in [6.45, 7) is 2.25. The number of hydrogen-bond acceptors (Lipinski definition) is 4. The number of fused-ring (bicyclic) bond motifs is 1. The lowest BCUT2D eigenvalue weighted by Crippen LogP contribution is -2.43. The minimum absolute atomic E-state index is 0.0450. The molecule has 1 aromatic carbocycles. The topological polar surface area (TPSA) is 69.0 Å². The minimum atomic E-state index is -0.0450. The number of aromatic nitrogens is 1. The van der Waals surface area contributed by atoms with Crippen molar-refractivity contribution in [1.82, 2.24) is 10.3 Å². The van der Waals surface area contributed by atoms with E-state index >= 15 is 0 Å². The van der Waals surface area contributed by atoms with Crippen molar-refractivity contribution in [2.75, 3.05) is 24.5 Å². The van der Waals surface area contributed by atoms with Crippen LogP contribution in [-0.2, 0) is 4.79 Å². The fraction of sp³-hybridized carbons (Fsp3) is 0.450. The summed E-state index contributed by atoms with van der Waals surface area (Å²) in [5, 5.41) is 14.2. The van der Waals surface area contributed by atoms with Gasteiger partial charge >= 0.3 is 0 Å². The Morgan fingerprint density at radius 1 is 1.38 bits per heavy atom. The monoisotopic (exact) mass is 368 g/mol. The highest BCUT2D eigenvalue weighted by atomic mass is 35.5. The standard InChI is InChI=1S/C20H21ClN4O/c21-16-5-6-18-17(8-16)19(15(9-22)11-23-18)25-7-1-2-14(12-25)20(26)24-10-13-3-4-13/h5-6,8,11,13-14H,1-4,7,10,12H2,(H,24,26). The van der Waals surface area contributed by atoms with Crippen molar-refractivity contribution in [3.05, 3.63) is 35.0 Å². The van der Waals surface area contributed by atoms with Gasteiger partial charge in [0.05, 0.1) is 22.7 Å². The maximum Gasteiger partial charge on any atom is 0.224 e. The molecular weight excluding hydrogens is 348 g/mol. The molecule has 1 atom stereocenters. The molecule has 2 aliphatic rings. The van der Waals surface area contributed by atoms with Gasteiger partial charge in [-0.2, -0.15) is 5.26 Å². The van der Waals surface area contributed by atoms with Crippen LogP contribution < -0.4 is 10.2 Å².